The number of nitrogens with one attached hydrogen (secondary N) is 1. The van der Waals surface area contributed by atoms with E-state index in [1.807, 2.05) is 24.3 Å². The highest BCUT2D eigenvalue weighted by atomic mass is 32.1. The molecule has 1 saturated heterocycles. The molecule has 3 aromatic rings. The number of rotatable bonds is 6. The average Bonchev–Trinajstić information content (AvgIpc) is 3.41. The van der Waals surface area contributed by atoms with Gasteiger partial charge in [-0.25, -0.2) is 9.37 Å². The molecule has 1 N–H and O–H groups in total. The molecule has 31 heavy (non-hydrogen) atoms. The van der Waals surface area contributed by atoms with Gasteiger partial charge in [-0.05, 0) is 48.4 Å². The summed E-state index contributed by atoms with van der Waals surface area (Å²) in [7, 11) is 1.41. The Balaban J connectivity index is 1.37. The Morgan fingerprint density at radius 2 is 2.06 bits per heavy atom. The number of ether oxygens (including phenoxy) is 1. The Morgan fingerprint density at radius 1 is 1.26 bits per heavy atom. The molecule has 1 aliphatic rings. The number of methoxy groups -OCH3 is 1. The fourth-order valence-corrected chi connectivity index (χ4v) is 4.02. The number of amides is 2. The highest BCUT2D eigenvalue weighted by Gasteiger charge is 2.21. The van der Waals surface area contributed by atoms with Crippen LogP contribution in [-0.4, -0.2) is 30.5 Å². The molecule has 0 bridgehead atoms. The van der Waals surface area contributed by atoms with Crippen LogP contribution in [-0.2, 0) is 9.59 Å². The quantitative estimate of drug-likeness (QED) is 0.566. The van der Waals surface area contributed by atoms with Crippen LogP contribution in [0.3, 0.4) is 0 Å². The molecule has 158 valence electrons. The maximum absolute atomic E-state index is 13.9. The molecule has 0 spiro atoms. The summed E-state index contributed by atoms with van der Waals surface area (Å²) >= 11 is 1.26. The Morgan fingerprint density at radius 3 is 2.74 bits per heavy atom. The number of hydrogen-bond acceptors (Lipinski definition) is 5. The van der Waals surface area contributed by atoms with Gasteiger partial charge in [0, 0.05) is 35.7 Å². The fraction of sp³-hybridized carbons (Fsp3) is 0.174. The number of anilines is 2. The molecule has 0 saturated carbocycles. The molecule has 0 aliphatic carbocycles. The van der Waals surface area contributed by atoms with E-state index in [2.05, 4.69) is 10.3 Å². The maximum atomic E-state index is 13.9. The summed E-state index contributed by atoms with van der Waals surface area (Å²) in [5.74, 6) is -0.484. The first-order valence-electron chi connectivity index (χ1n) is 9.72. The van der Waals surface area contributed by atoms with E-state index >= 15 is 0 Å². The standard InChI is InChI=1S/C23H20FN3O3S/c1-30-20-10-7-16(13-18(20)24)19-14-31-23(25-19)26-21(28)11-6-15-4-8-17(9-5-15)27-12-2-3-22(27)29/h4-11,13-14H,2-3,12H2,1H3,(H,25,26,28)/b11-6+. The summed E-state index contributed by atoms with van der Waals surface area (Å²) < 4.78 is 18.8. The van der Waals surface area contributed by atoms with Crippen molar-refractivity contribution in [2.45, 2.75) is 12.8 Å². The molecule has 2 amide bonds. The molecular formula is C23H20FN3O3S. The minimum Gasteiger partial charge on any atom is -0.494 e. The summed E-state index contributed by atoms with van der Waals surface area (Å²) in [5.41, 5.74) is 2.88. The lowest BCUT2D eigenvalue weighted by Crippen LogP contribution is -2.23. The third kappa shape index (κ3) is 4.80. The van der Waals surface area contributed by atoms with E-state index in [1.165, 1.54) is 36.7 Å². The lowest BCUT2D eigenvalue weighted by molar-refractivity contribution is -0.117. The van der Waals surface area contributed by atoms with Crippen molar-refractivity contribution in [2.24, 2.45) is 0 Å². The van der Waals surface area contributed by atoms with Crippen LogP contribution >= 0.6 is 11.3 Å². The van der Waals surface area contributed by atoms with Gasteiger partial charge in [0.25, 0.3) is 0 Å². The van der Waals surface area contributed by atoms with Gasteiger partial charge in [-0.3, -0.25) is 14.9 Å². The minimum atomic E-state index is -0.471. The van der Waals surface area contributed by atoms with Crippen LogP contribution < -0.4 is 15.0 Å². The summed E-state index contributed by atoms with van der Waals surface area (Å²) in [6, 6.07) is 12.1. The van der Waals surface area contributed by atoms with Crippen molar-refractivity contribution in [3.8, 4) is 17.0 Å². The highest BCUT2D eigenvalue weighted by molar-refractivity contribution is 7.14. The van der Waals surface area contributed by atoms with Crippen molar-refractivity contribution in [2.75, 3.05) is 23.9 Å². The first kappa shape index (κ1) is 20.7. The Labute approximate surface area is 183 Å². The van der Waals surface area contributed by atoms with Gasteiger partial charge in [0.05, 0.1) is 12.8 Å². The lowest BCUT2D eigenvalue weighted by atomic mass is 10.1. The number of halogens is 1. The van der Waals surface area contributed by atoms with Crippen LogP contribution in [0.4, 0.5) is 15.2 Å². The van der Waals surface area contributed by atoms with Gasteiger partial charge in [-0.1, -0.05) is 12.1 Å². The number of hydrogen-bond donors (Lipinski definition) is 1. The molecular weight excluding hydrogens is 417 g/mol. The molecule has 1 fully saturated rings. The summed E-state index contributed by atoms with van der Waals surface area (Å²) in [6.07, 6.45) is 4.59. The SMILES string of the molecule is COc1ccc(-c2csc(NC(=O)/C=C/c3ccc(N4CCCC4=O)cc3)n2)cc1F. The van der Waals surface area contributed by atoms with Crippen LogP contribution in [0, 0.1) is 5.82 Å². The first-order chi connectivity index (χ1) is 15.0. The molecule has 6 nitrogen and oxygen atoms in total. The predicted molar refractivity (Wildman–Crippen MR) is 120 cm³/mol. The third-order valence-electron chi connectivity index (χ3n) is 4.89. The second-order valence-electron chi connectivity index (χ2n) is 6.95. The number of carbonyl (C=O) groups excluding carboxylic acids is 2. The Hall–Kier alpha value is -3.52. The lowest BCUT2D eigenvalue weighted by Gasteiger charge is -2.15. The Kier molecular flexibility index (Phi) is 6.08. The van der Waals surface area contributed by atoms with Gasteiger partial charge in [-0.15, -0.1) is 11.3 Å². The summed E-state index contributed by atoms with van der Waals surface area (Å²) in [6.45, 7) is 0.745. The first-order valence-corrected chi connectivity index (χ1v) is 10.6. The second kappa shape index (κ2) is 9.09. The van der Waals surface area contributed by atoms with Gasteiger partial charge >= 0.3 is 0 Å². The molecule has 1 aliphatic heterocycles. The van der Waals surface area contributed by atoms with Crippen LogP contribution in [0.1, 0.15) is 18.4 Å². The van der Waals surface area contributed by atoms with Gasteiger partial charge < -0.3 is 9.64 Å². The topological polar surface area (TPSA) is 71.5 Å². The van der Waals surface area contributed by atoms with Gasteiger partial charge in [0.1, 0.15) is 0 Å². The summed E-state index contributed by atoms with van der Waals surface area (Å²) in [4.78, 5) is 30.2. The van der Waals surface area contributed by atoms with Crippen molar-refractivity contribution in [1.82, 2.24) is 4.98 Å². The van der Waals surface area contributed by atoms with Crippen LogP contribution in [0.15, 0.2) is 53.9 Å². The van der Waals surface area contributed by atoms with Crippen LogP contribution in [0.2, 0.25) is 0 Å². The number of carbonyl (C=O) groups is 2. The molecule has 1 aromatic heterocycles. The van der Waals surface area contributed by atoms with Crippen LogP contribution in [0.5, 0.6) is 5.75 Å². The molecule has 2 aromatic carbocycles. The molecule has 0 atom stereocenters. The van der Waals surface area contributed by atoms with E-state index in [-0.39, 0.29) is 17.6 Å². The predicted octanol–water partition coefficient (Wildman–Crippen LogP) is 4.74. The van der Waals surface area contributed by atoms with E-state index in [9.17, 15) is 14.0 Å². The van der Waals surface area contributed by atoms with Gasteiger partial charge in [0.15, 0.2) is 16.7 Å². The molecule has 4 rings (SSSR count). The zero-order chi connectivity index (χ0) is 21.8. The number of thiazole rings is 1. The zero-order valence-corrected chi connectivity index (χ0v) is 17.6. The van der Waals surface area contributed by atoms with Crippen molar-refractivity contribution in [3.63, 3.8) is 0 Å². The van der Waals surface area contributed by atoms with E-state index in [0.717, 1.165) is 24.2 Å². The number of nitrogens with zero attached hydrogens (tertiary/aromatic N) is 2. The van der Waals surface area contributed by atoms with Crippen molar-refractivity contribution < 1.29 is 18.7 Å². The second-order valence-corrected chi connectivity index (χ2v) is 7.81. The number of benzene rings is 2. The van der Waals surface area contributed by atoms with E-state index in [4.69, 9.17) is 4.74 Å². The largest absolute Gasteiger partial charge is 0.494 e. The van der Waals surface area contributed by atoms with Crippen molar-refractivity contribution >= 4 is 40.0 Å². The molecule has 8 heteroatoms. The van der Waals surface area contributed by atoms with E-state index in [0.29, 0.717) is 22.8 Å². The molecule has 0 radical (unpaired) electrons. The fourth-order valence-electron chi connectivity index (χ4n) is 3.29. The smallest absolute Gasteiger partial charge is 0.250 e. The molecule has 0 unspecified atom stereocenters. The van der Waals surface area contributed by atoms with Gasteiger partial charge in [-0.2, -0.15) is 0 Å². The van der Waals surface area contributed by atoms with E-state index < -0.39 is 5.82 Å². The maximum Gasteiger partial charge on any atom is 0.250 e. The van der Waals surface area contributed by atoms with Crippen LogP contribution in [0.25, 0.3) is 17.3 Å². The summed E-state index contributed by atoms with van der Waals surface area (Å²) in [5, 5.41) is 4.88. The third-order valence-corrected chi connectivity index (χ3v) is 5.64. The molecule has 2 heterocycles. The van der Waals surface area contributed by atoms with Gasteiger partial charge in [0.2, 0.25) is 11.8 Å². The zero-order valence-electron chi connectivity index (χ0n) is 16.8. The monoisotopic (exact) mass is 437 g/mol. The Bertz CT molecular complexity index is 1140. The number of aromatic nitrogens is 1. The normalized spacial score (nSPS) is 13.7. The highest BCUT2D eigenvalue weighted by Crippen LogP contribution is 2.28. The van der Waals surface area contributed by atoms with E-state index in [1.54, 1.807) is 22.4 Å². The van der Waals surface area contributed by atoms with Crippen molar-refractivity contribution in [3.05, 3.63) is 65.3 Å². The average molecular weight is 437 g/mol. The van der Waals surface area contributed by atoms with Crippen molar-refractivity contribution in [1.29, 1.82) is 0 Å². The minimum absolute atomic E-state index is 0.142.